The van der Waals surface area contributed by atoms with E-state index >= 15 is 0 Å². The van der Waals surface area contributed by atoms with Gasteiger partial charge in [0.15, 0.2) is 0 Å². The second kappa shape index (κ2) is 7.47. The van der Waals surface area contributed by atoms with Gasteiger partial charge < -0.3 is 20.4 Å². The van der Waals surface area contributed by atoms with Gasteiger partial charge in [-0.3, -0.25) is 4.68 Å². The molecule has 3 aliphatic heterocycles. The number of hydrogen-bond donors (Lipinski definition) is 2. The summed E-state index contributed by atoms with van der Waals surface area (Å²) in [5.74, 6) is 0.714. The molecule has 29 heavy (non-hydrogen) atoms. The van der Waals surface area contributed by atoms with Gasteiger partial charge >= 0.3 is 6.03 Å². The van der Waals surface area contributed by atoms with Crippen LogP contribution in [0, 0.1) is 0 Å². The summed E-state index contributed by atoms with van der Waals surface area (Å²) in [4.78, 5) is 26.0. The Hall–Kier alpha value is -2.94. The Labute approximate surface area is 169 Å². The Morgan fingerprint density at radius 2 is 2.00 bits per heavy atom. The zero-order valence-corrected chi connectivity index (χ0v) is 16.6. The zero-order chi connectivity index (χ0) is 19.8. The average molecular weight is 394 g/mol. The van der Waals surface area contributed by atoms with Crippen LogP contribution in [-0.4, -0.2) is 68.9 Å². The maximum absolute atomic E-state index is 13.0. The number of urea groups is 1. The lowest BCUT2D eigenvalue weighted by Gasteiger charge is -2.34. The third-order valence-electron chi connectivity index (χ3n) is 6.07. The lowest BCUT2D eigenvalue weighted by Crippen LogP contribution is -2.45. The third-order valence-corrected chi connectivity index (χ3v) is 6.07. The molecule has 2 aromatic heterocycles. The highest BCUT2D eigenvalue weighted by Gasteiger charge is 2.40. The van der Waals surface area contributed by atoms with Gasteiger partial charge in [0.25, 0.3) is 0 Å². The van der Waals surface area contributed by atoms with Crippen molar-refractivity contribution in [3.8, 4) is 0 Å². The van der Waals surface area contributed by atoms with Gasteiger partial charge in [-0.25, -0.2) is 14.8 Å². The van der Waals surface area contributed by atoms with Gasteiger partial charge in [-0.2, -0.15) is 5.10 Å². The molecule has 5 rings (SSSR count). The van der Waals surface area contributed by atoms with Crippen molar-refractivity contribution in [2.75, 3.05) is 36.4 Å². The largest absolute Gasteiger partial charge is 0.338 e. The number of rotatable bonds is 3. The number of amides is 2. The van der Waals surface area contributed by atoms with Crippen molar-refractivity contribution in [3.05, 3.63) is 36.4 Å². The number of aromatic nitrogens is 4. The predicted molar refractivity (Wildman–Crippen MR) is 111 cm³/mol. The van der Waals surface area contributed by atoms with E-state index in [0.29, 0.717) is 11.6 Å². The fourth-order valence-corrected chi connectivity index (χ4v) is 4.63. The number of anilines is 2. The average Bonchev–Trinajstić information content (AvgIpc) is 3.29. The van der Waals surface area contributed by atoms with Crippen molar-refractivity contribution in [3.63, 3.8) is 0 Å². The van der Waals surface area contributed by atoms with Gasteiger partial charge in [-0.1, -0.05) is 6.08 Å². The number of nitrogens with one attached hydrogen (secondary N) is 2. The standard InChI is InChI=1S/C20H26N8O/c1-26-18(4-5-24-26)14-10-16-2-3-17(11-14)28(16)20(29)25-15-12-22-19(23-13-15)27-8-6-21-7-9-27/h4-5,10,12-13,16-17,21H,2-3,6-9,11H2,1H3,(H,25,29). The molecular weight excluding hydrogens is 368 g/mol. The number of carbonyl (C=O) groups excluding carboxylic acids is 1. The van der Waals surface area contributed by atoms with E-state index in [0.717, 1.165) is 51.1 Å². The van der Waals surface area contributed by atoms with Crippen molar-refractivity contribution in [2.24, 2.45) is 7.05 Å². The molecule has 0 spiro atoms. The first-order chi connectivity index (χ1) is 14.2. The summed E-state index contributed by atoms with van der Waals surface area (Å²) < 4.78 is 1.90. The SMILES string of the molecule is Cn1nccc1C1=CC2CCC(C1)N2C(=O)Nc1cnc(N2CCNCC2)nc1. The van der Waals surface area contributed by atoms with Crippen molar-refractivity contribution in [1.82, 2.24) is 30.0 Å². The summed E-state index contributed by atoms with van der Waals surface area (Å²) in [7, 11) is 1.96. The van der Waals surface area contributed by atoms with Crippen LogP contribution in [0.4, 0.5) is 16.4 Å². The van der Waals surface area contributed by atoms with E-state index in [9.17, 15) is 4.79 Å². The van der Waals surface area contributed by atoms with Gasteiger partial charge in [-0.15, -0.1) is 0 Å². The summed E-state index contributed by atoms with van der Waals surface area (Å²) in [6.07, 6.45) is 10.3. The molecule has 2 amide bonds. The number of carbonyl (C=O) groups is 1. The van der Waals surface area contributed by atoms with Crippen LogP contribution in [-0.2, 0) is 7.05 Å². The summed E-state index contributed by atoms with van der Waals surface area (Å²) in [5, 5.41) is 10.6. The second-order valence-corrected chi connectivity index (χ2v) is 7.88. The van der Waals surface area contributed by atoms with Crippen LogP contribution in [0.1, 0.15) is 25.0 Å². The minimum Gasteiger partial charge on any atom is -0.338 e. The number of piperazine rings is 1. The van der Waals surface area contributed by atoms with Gasteiger partial charge in [0.1, 0.15) is 0 Å². The minimum atomic E-state index is -0.0728. The van der Waals surface area contributed by atoms with Crippen molar-refractivity contribution < 1.29 is 4.79 Å². The maximum Gasteiger partial charge on any atom is 0.322 e. The quantitative estimate of drug-likeness (QED) is 0.819. The molecule has 0 aromatic carbocycles. The molecule has 0 saturated carbocycles. The van der Waals surface area contributed by atoms with Gasteiger partial charge in [0, 0.05) is 45.5 Å². The Kier molecular flexibility index (Phi) is 4.67. The molecule has 0 radical (unpaired) electrons. The Balaban J connectivity index is 1.27. The van der Waals surface area contributed by atoms with Crippen LogP contribution >= 0.6 is 0 Å². The van der Waals surface area contributed by atoms with Gasteiger partial charge in [0.2, 0.25) is 5.95 Å². The van der Waals surface area contributed by atoms with E-state index in [1.165, 1.54) is 5.57 Å². The molecule has 152 valence electrons. The minimum absolute atomic E-state index is 0.0728. The monoisotopic (exact) mass is 394 g/mol. The van der Waals surface area contributed by atoms with E-state index in [-0.39, 0.29) is 18.1 Å². The van der Waals surface area contributed by atoms with E-state index in [4.69, 9.17) is 0 Å². The van der Waals surface area contributed by atoms with Crippen molar-refractivity contribution >= 4 is 23.2 Å². The number of nitrogens with zero attached hydrogens (tertiary/aromatic N) is 6. The predicted octanol–water partition coefficient (Wildman–Crippen LogP) is 1.47. The Bertz CT molecular complexity index is 915. The molecule has 2 bridgehead atoms. The number of fused-ring (bicyclic) bond motifs is 2. The highest BCUT2D eigenvalue weighted by Crippen LogP contribution is 2.38. The fourth-order valence-electron chi connectivity index (χ4n) is 4.63. The van der Waals surface area contributed by atoms with E-state index in [1.54, 1.807) is 12.4 Å². The van der Waals surface area contributed by atoms with E-state index < -0.39 is 0 Å². The molecule has 2 aromatic rings. The molecule has 2 fully saturated rings. The molecular formula is C20H26N8O. The highest BCUT2D eigenvalue weighted by atomic mass is 16.2. The summed E-state index contributed by atoms with van der Waals surface area (Å²) in [6.45, 7) is 3.67. The topological polar surface area (TPSA) is 91.2 Å². The smallest absolute Gasteiger partial charge is 0.322 e. The highest BCUT2D eigenvalue weighted by molar-refractivity contribution is 5.90. The molecule has 2 unspecified atom stereocenters. The van der Waals surface area contributed by atoms with Crippen LogP contribution in [0.5, 0.6) is 0 Å². The van der Waals surface area contributed by atoms with Crippen LogP contribution in [0.3, 0.4) is 0 Å². The Morgan fingerprint density at radius 1 is 1.21 bits per heavy atom. The first kappa shape index (κ1) is 18.1. The van der Waals surface area contributed by atoms with Crippen LogP contribution in [0.25, 0.3) is 5.57 Å². The van der Waals surface area contributed by atoms with Crippen molar-refractivity contribution in [2.45, 2.75) is 31.3 Å². The number of hydrogen-bond acceptors (Lipinski definition) is 6. The third kappa shape index (κ3) is 3.46. The zero-order valence-electron chi connectivity index (χ0n) is 16.6. The molecule has 3 aliphatic rings. The first-order valence-corrected chi connectivity index (χ1v) is 10.2. The molecule has 2 N–H and O–H groups in total. The van der Waals surface area contributed by atoms with Gasteiger partial charge in [-0.05, 0) is 30.9 Å². The lowest BCUT2D eigenvalue weighted by atomic mass is 9.99. The number of aryl methyl sites for hydroxylation is 1. The molecule has 9 heteroatoms. The molecule has 2 saturated heterocycles. The van der Waals surface area contributed by atoms with Gasteiger partial charge in [0.05, 0.1) is 29.8 Å². The van der Waals surface area contributed by atoms with Crippen LogP contribution < -0.4 is 15.5 Å². The molecule has 2 atom stereocenters. The van der Waals surface area contributed by atoms with Crippen LogP contribution in [0.2, 0.25) is 0 Å². The molecule has 9 nitrogen and oxygen atoms in total. The fraction of sp³-hybridized carbons (Fsp3) is 0.500. The first-order valence-electron chi connectivity index (χ1n) is 10.2. The van der Waals surface area contributed by atoms with E-state index in [2.05, 4.69) is 36.7 Å². The maximum atomic E-state index is 13.0. The van der Waals surface area contributed by atoms with Crippen molar-refractivity contribution in [1.29, 1.82) is 0 Å². The molecule has 5 heterocycles. The lowest BCUT2D eigenvalue weighted by molar-refractivity contribution is 0.193. The second-order valence-electron chi connectivity index (χ2n) is 7.88. The molecule has 0 aliphatic carbocycles. The normalized spacial score (nSPS) is 23.8. The van der Waals surface area contributed by atoms with Crippen LogP contribution in [0.15, 0.2) is 30.7 Å². The van der Waals surface area contributed by atoms with E-state index in [1.807, 2.05) is 28.9 Å². The summed E-state index contributed by atoms with van der Waals surface area (Å²) >= 11 is 0. The summed E-state index contributed by atoms with van der Waals surface area (Å²) in [6, 6.07) is 2.31. The summed E-state index contributed by atoms with van der Waals surface area (Å²) in [5.41, 5.74) is 3.05. The Morgan fingerprint density at radius 3 is 2.69 bits per heavy atom.